The highest BCUT2D eigenvalue weighted by atomic mass is 35.5. The molecule has 0 spiro atoms. The predicted octanol–water partition coefficient (Wildman–Crippen LogP) is 4.15. The summed E-state index contributed by atoms with van der Waals surface area (Å²) < 4.78 is 0. The lowest BCUT2D eigenvalue weighted by atomic mass is 9.82. The molecule has 1 saturated heterocycles. The van der Waals surface area contributed by atoms with E-state index in [1.54, 1.807) is 12.1 Å². The molecule has 2 aromatic carbocycles. The van der Waals surface area contributed by atoms with Gasteiger partial charge in [-0.05, 0) is 49.6 Å². The number of nitrogens with zero attached hydrogens (tertiary/aromatic N) is 3. The van der Waals surface area contributed by atoms with E-state index in [4.69, 9.17) is 11.6 Å². The lowest BCUT2D eigenvalue weighted by molar-refractivity contribution is -0.384. The first-order valence-electron chi connectivity index (χ1n) is 10.1. The van der Waals surface area contributed by atoms with Crippen LogP contribution in [0.3, 0.4) is 0 Å². The summed E-state index contributed by atoms with van der Waals surface area (Å²) in [6.07, 6.45) is 2.89. The minimum Gasteiger partial charge on any atom is -0.272 e. The number of non-ortho nitro benzene ring substituents is 1. The Hall–Kier alpha value is -3.52. The maximum atomic E-state index is 13.4. The summed E-state index contributed by atoms with van der Waals surface area (Å²) in [5.41, 5.74) is 1.76. The molecule has 1 aliphatic carbocycles. The third-order valence-corrected chi connectivity index (χ3v) is 6.10. The summed E-state index contributed by atoms with van der Waals surface area (Å²) in [5, 5.41) is 13.5. The fourth-order valence-corrected chi connectivity index (χ4v) is 4.25. The summed E-state index contributed by atoms with van der Waals surface area (Å²) in [4.78, 5) is 50.3. The largest absolute Gasteiger partial charge is 0.273 e. The number of imide groups is 1. The van der Waals surface area contributed by atoms with Crippen molar-refractivity contribution in [1.82, 2.24) is 10.0 Å². The number of amides is 3. The Kier molecular flexibility index (Phi) is 5.80. The Bertz CT molecular complexity index is 1130. The van der Waals surface area contributed by atoms with Gasteiger partial charge in [-0.2, -0.15) is 5.01 Å². The number of rotatable bonds is 5. The van der Waals surface area contributed by atoms with Gasteiger partial charge >= 0.3 is 0 Å². The minimum absolute atomic E-state index is 0.0924. The van der Waals surface area contributed by atoms with Crippen molar-refractivity contribution in [3.8, 4) is 0 Å². The maximum Gasteiger partial charge on any atom is 0.273 e. The Morgan fingerprint density at radius 2 is 1.72 bits per heavy atom. The third kappa shape index (κ3) is 4.01. The van der Waals surface area contributed by atoms with Crippen LogP contribution >= 0.6 is 11.6 Å². The minimum atomic E-state index is -0.537. The third-order valence-electron chi connectivity index (χ3n) is 5.85. The molecule has 0 unspecified atom stereocenters. The first-order chi connectivity index (χ1) is 15.3. The summed E-state index contributed by atoms with van der Waals surface area (Å²) in [7, 11) is 0. The van der Waals surface area contributed by atoms with E-state index < -0.39 is 34.5 Å². The van der Waals surface area contributed by atoms with Crippen molar-refractivity contribution in [2.45, 2.75) is 26.3 Å². The molecule has 164 valence electrons. The van der Waals surface area contributed by atoms with Gasteiger partial charge in [-0.1, -0.05) is 35.4 Å². The van der Waals surface area contributed by atoms with Gasteiger partial charge in [0.25, 0.3) is 23.4 Å². The maximum absolute atomic E-state index is 13.4. The van der Waals surface area contributed by atoms with Crippen molar-refractivity contribution in [3.05, 3.63) is 86.4 Å². The van der Waals surface area contributed by atoms with Gasteiger partial charge in [0.2, 0.25) is 0 Å². The topological polar surface area (TPSA) is 101 Å². The highest BCUT2D eigenvalue weighted by Gasteiger charge is 2.51. The van der Waals surface area contributed by atoms with Crippen LogP contribution in [0.2, 0.25) is 5.02 Å². The molecule has 4 rings (SSSR count). The van der Waals surface area contributed by atoms with Crippen molar-refractivity contribution in [1.29, 1.82) is 0 Å². The van der Waals surface area contributed by atoms with Crippen LogP contribution in [0.15, 0.2) is 60.2 Å². The van der Waals surface area contributed by atoms with Gasteiger partial charge in [-0.15, -0.1) is 0 Å². The van der Waals surface area contributed by atoms with Crippen LogP contribution in [0, 0.1) is 22.0 Å². The van der Waals surface area contributed by atoms with E-state index in [-0.39, 0.29) is 17.8 Å². The molecule has 1 aliphatic heterocycles. The summed E-state index contributed by atoms with van der Waals surface area (Å²) >= 11 is 5.93. The highest BCUT2D eigenvalue weighted by Crippen LogP contribution is 2.39. The van der Waals surface area contributed by atoms with Gasteiger partial charge in [0.1, 0.15) is 0 Å². The van der Waals surface area contributed by atoms with Crippen molar-refractivity contribution >= 4 is 35.0 Å². The normalized spacial score (nSPS) is 20.1. The second kappa shape index (κ2) is 8.55. The number of fused-ring (bicyclic) bond motifs is 1. The van der Waals surface area contributed by atoms with E-state index in [0.717, 1.165) is 15.6 Å². The monoisotopic (exact) mass is 453 g/mol. The van der Waals surface area contributed by atoms with Gasteiger partial charge in [0, 0.05) is 22.7 Å². The van der Waals surface area contributed by atoms with E-state index in [1.165, 1.54) is 36.4 Å². The number of hydrogen-bond donors (Lipinski definition) is 0. The van der Waals surface area contributed by atoms with Gasteiger partial charge in [0.05, 0.1) is 23.3 Å². The number of carbonyl (C=O) groups is 3. The Morgan fingerprint density at radius 1 is 1.09 bits per heavy atom. The van der Waals surface area contributed by atoms with E-state index in [1.807, 2.05) is 13.0 Å². The first-order valence-corrected chi connectivity index (χ1v) is 10.5. The van der Waals surface area contributed by atoms with E-state index in [2.05, 4.69) is 0 Å². The lowest BCUT2D eigenvalue weighted by Crippen LogP contribution is -2.49. The molecule has 0 saturated carbocycles. The number of halogens is 1. The number of carbonyl (C=O) groups excluding carboxylic acids is 3. The van der Waals surface area contributed by atoms with Gasteiger partial charge < -0.3 is 0 Å². The number of nitro groups is 1. The Labute approximate surface area is 189 Å². The Morgan fingerprint density at radius 3 is 2.34 bits per heavy atom. The fourth-order valence-electron chi connectivity index (χ4n) is 4.13. The SMILES string of the molecule is CC1=CC[C@@H]2C(=O)N(N(Cc3ccc([N+](=O)[O-])cc3)C(=O)c3ccc(Cl)cc3)C(=O)[C@H]2C1. The molecule has 0 aromatic heterocycles. The molecular weight excluding hydrogens is 434 g/mol. The highest BCUT2D eigenvalue weighted by molar-refractivity contribution is 6.30. The Balaban J connectivity index is 1.69. The van der Waals surface area contributed by atoms with Crippen molar-refractivity contribution in [2.24, 2.45) is 11.8 Å². The quantitative estimate of drug-likeness (QED) is 0.293. The fraction of sp³-hybridized carbons (Fsp3) is 0.261. The number of allylic oxidation sites excluding steroid dienone is 2. The summed E-state index contributed by atoms with van der Waals surface area (Å²) in [5.74, 6) is -2.34. The van der Waals surface area contributed by atoms with Crippen LogP contribution in [-0.2, 0) is 16.1 Å². The second-order valence-corrected chi connectivity index (χ2v) is 8.42. The van der Waals surface area contributed by atoms with E-state index >= 15 is 0 Å². The summed E-state index contributed by atoms with van der Waals surface area (Å²) in [6.45, 7) is 1.83. The van der Waals surface area contributed by atoms with Crippen molar-refractivity contribution in [2.75, 3.05) is 0 Å². The molecular formula is C23H20ClN3O5. The zero-order valence-electron chi connectivity index (χ0n) is 17.2. The smallest absolute Gasteiger partial charge is 0.272 e. The lowest BCUT2D eigenvalue weighted by Gasteiger charge is -2.30. The zero-order valence-corrected chi connectivity index (χ0v) is 18.0. The predicted molar refractivity (Wildman–Crippen MR) is 116 cm³/mol. The van der Waals surface area contributed by atoms with Crippen LogP contribution in [-0.4, -0.2) is 32.7 Å². The van der Waals surface area contributed by atoms with Crippen LogP contribution in [0.25, 0.3) is 0 Å². The van der Waals surface area contributed by atoms with E-state index in [0.29, 0.717) is 23.4 Å². The van der Waals surface area contributed by atoms with Crippen LogP contribution < -0.4 is 0 Å². The van der Waals surface area contributed by atoms with Crippen molar-refractivity contribution in [3.63, 3.8) is 0 Å². The molecule has 0 bridgehead atoms. The molecule has 9 heteroatoms. The van der Waals surface area contributed by atoms with Crippen LogP contribution in [0.1, 0.15) is 35.7 Å². The average Bonchev–Trinajstić information content (AvgIpc) is 3.02. The molecule has 2 aliphatic rings. The molecule has 3 amide bonds. The van der Waals surface area contributed by atoms with Gasteiger partial charge in [-0.25, -0.2) is 5.01 Å². The average molecular weight is 454 g/mol. The molecule has 8 nitrogen and oxygen atoms in total. The van der Waals surface area contributed by atoms with Crippen molar-refractivity contribution < 1.29 is 19.3 Å². The number of hydrogen-bond acceptors (Lipinski definition) is 5. The van der Waals surface area contributed by atoms with Gasteiger partial charge in [0.15, 0.2) is 0 Å². The molecule has 1 heterocycles. The van der Waals surface area contributed by atoms with Crippen LogP contribution in [0.5, 0.6) is 0 Å². The molecule has 0 radical (unpaired) electrons. The standard InChI is InChI=1S/C23H20ClN3O5/c1-14-2-11-19-20(12-14)23(30)26(22(19)29)25(21(28)16-5-7-17(24)8-6-16)13-15-3-9-18(10-4-15)27(31)32/h2-10,19-20H,11-13H2,1H3/t19-,20-/m0/s1. The molecule has 0 N–H and O–H groups in total. The molecule has 2 aromatic rings. The molecule has 2 atom stereocenters. The first kappa shape index (κ1) is 21.7. The van der Waals surface area contributed by atoms with E-state index in [9.17, 15) is 24.5 Å². The zero-order chi connectivity index (χ0) is 23.0. The number of benzene rings is 2. The van der Waals surface area contributed by atoms with Crippen LogP contribution in [0.4, 0.5) is 5.69 Å². The number of hydrazine groups is 1. The van der Waals surface area contributed by atoms with Gasteiger partial charge in [-0.3, -0.25) is 24.5 Å². The second-order valence-electron chi connectivity index (χ2n) is 7.98. The molecule has 32 heavy (non-hydrogen) atoms. The number of nitro benzene ring substituents is 1. The molecule has 1 fully saturated rings. The summed E-state index contributed by atoms with van der Waals surface area (Å²) in [6, 6.07) is 11.8.